The van der Waals surface area contributed by atoms with Crippen molar-refractivity contribution in [1.29, 1.82) is 0 Å². The molecule has 0 atom stereocenters. The third-order valence-corrected chi connectivity index (χ3v) is 4.41. The number of rotatable bonds is 9. The first kappa shape index (κ1) is 22.7. The molecular formula is C20H19BrClNO6. The van der Waals surface area contributed by atoms with Crippen molar-refractivity contribution in [3.63, 3.8) is 0 Å². The van der Waals surface area contributed by atoms with E-state index in [1.807, 2.05) is 0 Å². The molecule has 2 rings (SSSR count). The van der Waals surface area contributed by atoms with Crippen LogP contribution in [0.15, 0.2) is 53.0 Å². The Labute approximate surface area is 181 Å². The van der Waals surface area contributed by atoms with Crippen molar-refractivity contribution >= 4 is 51.1 Å². The van der Waals surface area contributed by atoms with Gasteiger partial charge in [0.1, 0.15) is 12.3 Å². The molecule has 0 fully saturated rings. The molecule has 0 aliphatic carbocycles. The smallest absolute Gasteiger partial charge is 0.344 e. The average molecular weight is 485 g/mol. The molecule has 0 unspecified atom stereocenters. The molecule has 0 radical (unpaired) electrons. The van der Waals surface area contributed by atoms with Crippen LogP contribution in [-0.2, 0) is 23.9 Å². The molecule has 0 aliphatic rings. The van der Waals surface area contributed by atoms with Crippen LogP contribution in [0.25, 0.3) is 0 Å². The highest BCUT2D eigenvalue weighted by molar-refractivity contribution is 9.10. The maximum Gasteiger partial charge on any atom is 0.344 e. The summed E-state index contributed by atoms with van der Waals surface area (Å²) in [7, 11) is 0. The minimum Gasteiger partial charge on any atom is -0.481 e. The zero-order valence-corrected chi connectivity index (χ0v) is 17.9. The number of carbonyl (C=O) groups excluding carboxylic acids is 3. The van der Waals surface area contributed by atoms with E-state index in [2.05, 4.69) is 15.9 Å². The van der Waals surface area contributed by atoms with Crippen molar-refractivity contribution in [3.8, 4) is 5.75 Å². The number of ether oxygens (including phenoxy) is 3. The van der Waals surface area contributed by atoms with E-state index < -0.39 is 31.1 Å². The van der Waals surface area contributed by atoms with Crippen LogP contribution in [0.1, 0.15) is 6.92 Å². The summed E-state index contributed by atoms with van der Waals surface area (Å²) in [6.07, 6.45) is 0. The Morgan fingerprint density at radius 2 is 1.72 bits per heavy atom. The van der Waals surface area contributed by atoms with Gasteiger partial charge in [-0.25, -0.2) is 4.79 Å². The van der Waals surface area contributed by atoms with Crippen molar-refractivity contribution in [2.75, 3.05) is 31.3 Å². The fourth-order valence-corrected chi connectivity index (χ4v) is 3.06. The van der Waals surface area contributed by atoms with Crippen molar-refractivity contribution in [1.82, 2.24) is 0 Å². The number of hydrogen-bond donors (Lipinski definition) is 0. The highest BCUT2D eigenvalue weighted by atomic mass is 79.9. The predicted octanol–water partition coefficient (Wildman–Crippen LogP) is 3.62. The van der Waals surface area contributed by atoms with E-state index in [4.69, 9.17) is 25.8 Å². The lowest BCUT2D eigenvalue weighted by molar-refractivity contribution is -0.150. The van der Waals surface area contributed by atoms with Gasteiger partial charge in [0.05, 0.1) is 11.1 Å². The van der Waals surface area contributed by atoms with Gasteiger partial charge in [-0.1, -0.05) is 29.8 Å². The van der Waals surface area contributed by atoms with E-state index in [0.29, 0.717) is 20.9 Å². The topological polar surface area (TPSA) is 82.1 Å². The second-order valence-electron chi connectivity index (χ2n) is 5.64. The maximum atomic E-state index is 12.5. The van der Waals surface area contributed by atoms with E-state index in [0.717, 1.165) is 0 Å². The SMILES string of the molecule is CCOC(=O)CN(C(=O)COC(=O)COc1ccc(Cl)cc1Br)c1ccccc1. The van der Waals surface area contributed by atoms with E-state index >= 15 is 0 Å². The third kappa shape index (κ3) is 7.40. The van der Waals surface area contributed by atoms with Crippen LogP contribution < -0.4 is 9.64 Å². The van der Waals surface area contributed by atoms with Gasteiger partial charge < -0.3 is 14.2 Å². The molecule has 2 aromatic rings. The fraction of sp³-hybridized carbons (Fsp3) is 0.250. The van der Waals surface area contributed by atoms with Crippen LogP contribution in [-0.4, -0.2) is 44.2 Å². The van der Waals surface area contributed by atoms with Gasteiger partial charge in [-0.3, -0.25) is 14.5 Å². The second kappa shape index (κ2) is 11.4. The third-order valence-electron chi connectivity index (χ3n) is 3.56. The van der Waals surface area contributed by atoms with Crippen LogP contribution in [0, 0.1) is 0 Å². The molecule has 0 aromatic heterocycles. The quantitative estimate of drug-likeness (QED) is 0.506. The largest absolute Gasteiger partial charge is 0.481 e. The first-order valence-electron chi connectivity index (χ1n) is 8.65. The predicted molar refractivity (Wildman–Crippen MR) is 111 cm³/mol. The summed E-state index contributed by atoms with van der Waals surface area (Å²) in [6, 6.07) is 13.4. The first-order chi connectivity index (χ1) is 13.9. The Morgan fingerprint density at radius 3 is 2.38 bits per heavy atom. The zero-order valence-electron chi connectivity index (χ0n) is 15.6. The highest BCUT2D eigenvalue weighted by Crippen LogP contribution is 2.27. The molecule has 1 amide bonds. The zero-order chi connectivity index (χ0) is 21.2. The van der Waals surface area contributed by atoms with Gasteiger partial charge in [0.15, 0.2) is 13.2 Å². The van der Waals surface area contributed by atoms with Gasteiger partial charge in [0.25, 0.3) is 5.91 Å². The number of esters is 2. The van der Waals surface area contributed by atoms with E-state index in [9.17, 15) is 14.4 Å². The molecule has 154 valence electrons. The van der Waals surface area contributed by atoms with Crippen LogP contribution in [0.2, 0.25) is 5.02 Å². The summed E-state index contributed by atoms with van der Waals surface area (Å²) in [5.41, 5.74) is 0.489. The molecular weight excluding hydrogens is 466 g/mol. The van der Waals surface area contributed by atoms with Crippen LogP contribution in [0.3, 0.4) is 0 Å². The molecule has 7 nitrogen and oxygen atoms in total. The van der Waals surface area contributed by atoms with Crippen LogP contribution in [0.5, 0.6) is 5.75 Å². The second-order valence-corrected chi connectivity index (χ2v) is 6.94. The number of para-hydroxylation sites is 1. The summed E-state index contributed by atoms with van der Waals surface area (Å²) >= 11 is 9.12. The van der Waals surface area contributed by atoms with Gasteiger partial charge in [-0.2, -0.15) is 0 Å². The number of benzene rings is 2. The molecule has 0 heterocycles. The minimum absolute atomic E-state index is 0.197. The number of hydrogen-bond acceptors (Lipinski definition) is 6. The van der Waals surface area contributed by atoms with Crippen LogP contribution in [0.4, 0.5) is 5.69 Å². The molecule has 0 saturated heterocycles. The lowest BCUT2D eigenvalue weighted by Gasteiger charge is -2.21. The van der Waals surface area contributed by atoms with Gasteiger partial charge in [-0.15, -0.1) is 0 Å². The lowest BCUT2D eigenvalue weighted by Crippen LogP contribution is -2.39. The first-order valence-corrected chi connectivity index (χ1v) is 9.82. The molecule has 0 aliphatic heterocycles. The number of carbonyl (C=O) groups is 3. The molecule has 0 spiro atoms. The molecule has 0 saturated carbocycles. The average Bonchev–Trinajstić information content (AvgIpc) is 2.70. The number of nitrogens with zero attached hydrogens (tertiary/aromatic N) is 1. The summed E-state index contributed by atoms with van der Waals surface area (Å²) in [5, 5.41) is 0.514. The highest BCUT2D eigenvalue weighted by Gasteiger charge is 2.21. The van der Waals surface area contributed by atoms with E-state index in [1.165, 1.54) is 4.90 Å². The molecule has 0 bridgehead atoms. The van der Waals surface area contributed by atoms with E-state index in [-0.39, 0.29) is 13.2 Å². The van der Waals surface area contributed by atoms with Crippen molar-refractivity contribution in [3.05, 3.63) is 58.0 Å². The number of anilines is 1. The van der Waals surface area contributed by atoms with Crippen molar-refractivity contribution < 1.29 is 28.6 Å². The van der Waals surface area contributed by atoms with Crippen molar-refractivity contribution in [2.45, 2.75) is 6.92 Å². The summed E-state index contributed by atoms with van der Waals surface area (Å²) in [4.78, 5) is 37.5. The molecule has 9 heteroatoms. The number of halogens is 2. The summed E-state index contributed by atoms with van der Waals surface area (Å²) < 4.78 is 15.8. The Kier molecular flexibility index (Phi) is 8.95. The Bertz CT molecular complexity index is 861. The Balaban J connectivity index is 1.92. The maximum absolute atomic E-state index is 12.5. The number of amides is 1. The van der Waals surface area contributed by atoms with Gasteiger partial charge >= 0.3 is 11.9 Å². The van der Waals surface area contributed by atoms with Gasteiger partial charge in [0.2, 0.25) is 0 Å². The van der Waals surface area contributed by atoms with Gasteiger partial charge in [-0.05, 0) is 53.2 Å². The van der Waals surface area contributed by atoms with Crippen molar-refractivity contribution in [2.24, 2.45) is 0 Å². The Morgan fingerprint density at radius 1 is 1.00 bits per heavy atom. The molecule has 0 N–H and O–H groups in total. The lowest BCUT2D eigenvalue weighted by atomic mass is 10.3. The molecule has 29 heavy (non-hydrogen) atoms. The van der Waals surface area contributed by atoms with Gasteiger partial charge in [0, 0.05) is 10.7 Å². The summed E-state index contributed by atoms with van der Waals surface area (Å²) in [6.45, 7) is 0.646. The van der Waals surface area contributed by atoms with Crippen LogP contribution >= 0.6 is 27.5 Å². The normalized spacial score (nSPS) is 10.2. The minimum atomic E-state index is -0.732. The van der Waals surface area contributed by atoms with E-state index in [1.54, 1.807) is 55.5 Å². The standard InChI is InChI=1S/C20H19BrClNO6/c1-2-27-19(25)11-23(15-6-4-3-5-7-15)18(24)12-29-20(26)13-28-17-9-8-14(22)10-16(17)21/h3-10H,2,11-13H2,1H3. The fourth-order valence-electron chi connectivity index (χ4n) is 2.26. The Hall–Kier alpha value is -2.58. The monoisotopic (exact) mass is 483 g/mol. The summed E-state index contributed by atoms with van der Waals surface area (Å²) in [5.74, 6) is -1.45. The molecule has 2 aromatic carbocycles.